The topological polar surface area (TPSA) is 130 Å². The number of hydrogen-bond donors (Lipinski definition) is 1. The summed E-state index contributed by atoms with van der Waals surface area (Å²) < 4.78 is 23.2. The highest BCUT2D eigenvalue weighted by atomic mass is 19.1. The monoisotopic (exact) mass is 447 g/mol. The Morgan fingerprint density at radius 2 is 1.76 bits per heavy atom. The van der Waals surface area contributed by atoms with Crippen LogP contribution in [0.5, 0.6) is 0 Å². The molecule has 3 aromatic rings. The second kappa shape index (κ2) is 8.05. The number of nitriles is 1. The molecule has 1 aromatic heterocycles. The molecule has 0 spiro atoms. The molecule has 0 saturated carbocycles. The van der Waals surface area contributed by atoms with E-state index in [-0.39, 0.29) is 45.1 Å². The fraction of sp³-hybridized carbons (Fsp3) is 0.0870. The molecule has 10 heteroatoms. The quantitative estimate of drug-likeness (QED) is 0.479. The largest absolute Gasteiger partial charge is 0.465 e. The summed E-state index contributed by atoms with van der Waals surface area (Å²) in [6.07, 6.45) is 0. The SMILES string of the molecule is COC(=O)c1c(C)oc(NC(=O)c2ccc3c(c2)C(=O)N(c2ccc(F)cc2)C3=O)c1C#N. The average molecular weight is 447 g/mol. The second-order valence-electron chi connectivity index (χ2n) is 6.98. The molecule has 3 amide bonds. The van der Waals surface area contributed by atoms with E-state index in [2.05, 4.69) is 10.1 Å². The summed E-state index contributed by atoms with van der Waals surface area (Å²) in [7, 11) is 1.15. The molecule has 33 heavy (non-hydrogen) atoms. The Morgan fingerprint density at radius 3 is 2.39 bits per heavy atom. The number of fused-ring (bicyclic) bond motifs is 1. The molecule has 0 unspecified atom stereocenters. The van der Waals surface area contributed by atoms with Crippen molar-refractivity contribution in [3.05, 3.63) is 81.9 Å². The van der Waals surface area contributed by atoms with Crippen molar-refractivity contribution in [1.29, 1.82) is 5.26 Å². The van der Waals surface area contributed by atoms with Gasteiger partial charge in [-0.25, -0.2) is 14.1 Å². The third-order valence-corrected chi connectivity index (χ3v) is 5.05. The predicted molar refractivity (Wildman–Crippen MR) is 111 cm³/mol. The third kappa shape index (κ3) is 3.51. The van der Waals surface area contributed by atoms with Gasteiger partial charge in [-0.05, 0) is 49.4 Å². The molecule has 2 heterocycles. The van der Waals surface area contributed by atoms with Crippen LogP contribution in [-0.4, -0.2) is 30.8 Å². The van der Waals surface area contributed by atoms with Crippen molar-refractivity contribution in [3.63, 3.8) is 0 Å². The van der Waals surface area contributed by atoms with Crippen molar-refractivity contribution in [3.8, 4) is 6.07 Å². The molecule has 4 rings (SSSR count). The van der Waals surface area contributed by atoms with Gasteiger partial charge in [0.2, 0.25) is 5.88 Å². The number of nitrogens with zero attached hydrogens (tertiary/aromatic N) is 2. The van der Waals surface area contributed by atoms with Crippen molar-refractivity contribution in [2.24, 2.45) is 0 Å². The fourth-order valence-electron chi connectivity index (χ4n) is 3.47. The van der Waals surface area contributed by atoms with Gasteiger partial charge in [0.25, 0.3) is 17.7 Å². The van der Waals surface area contributed by atoms with Crippen molar-refractivity contribution in [1.82, 2.24) is 0 Å². The number of amides is 3. The molecule has 1 aliphatic rings. The molecular weight excluding hydrogens is 433 g/mol. The van der Waals surface area contributed by atoms with E-state index >= 15 is 0 Å². The first kappa shape index (κ1) is 21.5. The van der Waals surface area contributed by atoms with Crippen LogP contribution in [0.1, 0.15) is 52.8 Å². The lowest BCUT2D eigenvalue weighted by atomic mass is 10.1. The molecule has 2 aromatic carbocycles. The Bertz CT molecular complexity index is 1380. The first-order valence-electron chi connectivity index (χ1n) is 9.48. The summed E-state index contributed by atoms with van der Waals surface area (Å²) in [5.74, 6) is -3.50. The number of carbonyl (C=O) groups is 4. The molecule has 0 saturated heterocycles. The van der Waals surface area contributed by atoms with Gasteiger partial charge < -0.3 is 9.15 Å². The number of halogens is 1. The maximum atomic E-state index is 13.2. The van der Waals surface area contributed by atoms with Crippen LogP contribution in [0.15, 0.2) is 46.9 Å². The average Bonchev–Trinajstić information content (AvgIpc) is 3.26. The molecule has 0 radical (unpaired) electrons. The van der Waals surface area contributed by atoms with Crippen LogP contribution in [0.3, 0.4) is 0 Å². The van der Waals surface area contributed by atoms with Crippen LogP contribution in [0.25, 0.3) is 0 Å². The predicted octanol–water partition coefficient (Wildman–Crippen LogP) is 3.44. The lowest BCUT2D eigenvalue weighted by Crippen LogP contribution is -2.29. The zero-order valence-corrected chi connectivity index (χ0v) is 17.3. The highest BCUT2D eigenvalue weighted by Gasteiger charge is 2.37. The van der Waals surface area contributed by atoms with Crippen LogP contribution < -0.4 is 10.2 Å². The van der Waals surface area contributed by atoms with Gasteiger partial charge in [0.1, 0.15) is 28.8 Å². The Balaban J connectivity index is 1.64. The fourth-order valence-corrected chi connectivity index (χ4v) is 3.47. The summed E-state index contributed by atoms with van der Waals surface area (Å²) in [5.41, 5.74) is -0.0478. The maximum absolute atomic E-state index is 13.2. The number of nitrogens with one attached hydrogen (secondary N) is 1. The lowest BCUT2D eigenvalue weighted by Gasteiger charge is -2.13. The Hall–Kier alpha value is -4.78. The van der Waals surface area contributed by atoms with Gasteiger partial charge in [-0.3, -0.25) is 19.7 Å². The standard InChI is InChI=1S/C23H14FN3O6/c1-11-18(23(31)32-2)17(10-25)20(33-11)26-19(28)12-3-8-15-16(9-12)22(30)27(21(15)29)14-6-4-13(24)5-7-14/h3-9H,1-2H3,(H,26,28). The molecular formula is C23H14FN3O6. The van der Waals surface area contributed by atoms with E-state index in [1.54, 1.807) is 6.07 Å². The number of carbonyl (C=O) groups excluding carboxylic acids is 4. The zero-order valence-electron chi connectivity index (χ0n) is 17.3. The van der Waals surface area contributed by atoms with Gasteiger partial charge in [0.15, 0.2) is 0 Å². The Morgan fingerprint density at radius 1 is 1.09 bits per heavy atom. The number of benzene rings is 2. The van der Waals surface area contributed by atoms with E-state index < -0.39 is 29.5 Å². The normalized spacial score (nSPS) is 12.4. The molecule has 0 aliphatic carbocycles. The number of rotatable bonds is 4. The van der Waals surface area contributed by atoms with Crippen LogP contribution in [0.2, 0.25) is 0 Å². The molecule has 0 bridgehead atoms. The third-order valence-electron chi connectivity index (χ3n) is 5.05. The summed E-state index contributed by atoms with van der Waals surface area (Å²) >= 11 is 0. The summed E-state index contributed by atoms with van der Waals surface area (Å²) in [4.78, 5) is 51.1. The van der Waals surface area contributed by atoms with E-state index in [1.165, 1.54) is 37.3 Å². The highest BCUT2D eigenvalue weighted by Crippen LogP contribution is 2.31. The van der Waals surface area contributed by atoms with E-state index in [0.29, 0.717) is 0 Å². The number of aryl methyl sites for hydroxylation is 1. The lowest BCUT2D eigenvalue weighted by molar-refractivity contribution is 0.0598. The summed E-state index contributed by atoms with van der Waals surface area (Å²) in [6, 6.07) is 10.5. The minimum Gasteiger partial charge on any atom is -0.465 e. The second-order valence-corrected chi connectivity index (χ2v) is 6.98. The smallest absolute Gasteiger partial charge is 0.342 e. The first-order chi connectivity index (χ1) is 15.8. The zero-order chi connectivity index (χ0) is 23.9. The Labute approximate surface area is 186 Å². The first-order valence-corrected chi connectivity index (χ1v) is 9.48. The van der Waals surface area contributed by atoms with Crippen molar-refractivity contribution in [2.75, 3.05) is 17.3 Å². The summed E-state index contributed by atoms with van der Waals surface area (Å²) in [6.45, 7) is 1.44. The van der Waals surface area contributed by atoms with Gasteiger partial charge in [0, 0.05) is 5.56 Å². The molecule has 0 atom stereocenters. The van der Waals surface area contributed by atoms with E-state index in [0.717, 1.165) is 24.1 Å². The summed E-state index contributed by atoms with van der Waals surface area (Å²) in [5, 5.41) is 11.8. The number of hydrogen-bond acceptors (Lipinski definition) is 7. The minimum atomic E-state index is -0.796. The van der Waals surface area contributed by atoms with Gasteiger partial charge in [-0.1, -0.05) is 0 Å². The number of anilines is 2. The van der Waals surface area contributed by atoms with Crippen molar-refractivity contribution < 1.29 is 32.7 Å². The molecule has 1 aliphatic heterocycles. The Kier molecular flexibility index (Phi) is 5.23. The van der Waals surface area contributed by atoms with Gasteiger partial charge >= 0.3 is 5.97 Å². The van der Waals surface area contributed by atoms with E-state index in [9.17, 15) is 28.8 Å². The van der Waals surface area contributed by atoms with Crippen LogP contribution in [0.4, 0.5) is 16.0 Å². The number of furan rings is 1. The molecule has 9 nitrogen and oxygen atoms in total. The maximum Gasteiger partial charge on any atom is 0.342 e. The van der Waals surface area contributed by atoms with Gasteiger partial charge in [-0.15, -0.1) is 0 Å². The molecule has 1 N–H and O–H groups in total. The molecule has 164 valence electrons. The number of imide groups is 1. The van der Waals surface area contributed by atoms with Crippen molar-refractivity contribution >= 4 is 35.3 Å². The number of methoxy groups -OCH3 is 1. The van der Waals surface area contributed by atoms with Gasteiger partial charge in [-0.2, -0.15) is 5.26 Å². The van der Waals surface area contributed by atoms with E-state index in [4.69, 9.17) is 4.42 Å². The van der Waals surface area contributed by atoms with E-state index in [1.807, 2.05) is 0 Å². The van der Waals surface area contributed by atoms with Crippen LogP contribution in [-0.2, 0) is 4.74 Å². The van der Waals surface area contributed by atoms with Gasteiger partial charge in [0.05, 0.1) is 23.9 Å². The van der Waals surface area contributed by atoms with Crippen molar-refractivity contribution in [2.45, 2.75) is 6.92 Å². The number of ether oxygens (including phenoxy) is 1. The van der Waals surface area contributed by atoms with Crippen LogP contribution in [0, 0.1) is 24.1 Å². The number of esters is 1. The highest BCUT2D eigenvalue weighted by molar-refractivity contribution is 6.34. The van der Waals surface area contributed by atoms with Crippen LogP contribution >= 0.6 is 0 Å². The molecule has 0 fully saturated rings. The minimum absolute atomic E-state index is 0.00779.